The van der Waals surface area contributed by atoms with E-state index in [1.54, 1.807) is 30.3 Å². The van der Waals surface area contributed by atoms with E-state index in [9.17, 15) is 9.90 Å². The number of aromatic nitrogens is 1. The largest absolute Gasteiger partial charge is 0.495 e. The van der Waals surface area contributed by atoms with Gasteiger partial charge in [0.2, 0.25) is 0 Å². The number of amides is 1. The summed E-state index contributed by atoms with van der Waals surface area (Å²) in [4.78, 5) is 19.6. The molecule has 0 saturated heterocycles. The zero-order valence-corrected chi connectivity index (χ0v) is 16.8. The zero-order chi connectivity index (χ0) is 20.6. The van der Waals surface area contributed by atoms with E-state index < -0.39 is 5.60 Å². The predicted molar refractivity (Wildman–Crippen MR) is 112 cm³/mol. The van der Waals surface area contributed by atoms with Gasteiger partial charge in [0.05, 0.1) is 25.0 Å². The summed E-state index contributed by atoms with van der Waals surface area (Å²) >= 11 is 0. The lowest BCUT2D eigenvalue weighted by atomic mass is 9.89. The summed E-state index contributed by atoms with van der Waals surface area (Å²) in [5.41, 5.74) is 2.34. The Bertz CT molecular complexity index is 1030. The van der Waals surface area contributed by atoms with Gasteiger partial charge in [-0.2, -0.15) is 0 Å². The molecule has 5 heteroatoms. The lowest BCUT2D eigenvalue weighted by Crippen LogP contribution is -2.43. The fraction of sp³-hybridized carbons (Fsp3) is 0.250. The maximum atomic E-state index is 13.6. The minimum absolute atomic E-state index is 0.101. The Hall–Kier alpha value is -3.18. The van der Waals surface area contributed by atoms with Gasteiger partial charge >= 0.3 is 0 Å². The maximum Gasteiger partial charge on any atom is 0.264 e. The summed E-state index contributed by atoms with van der Waals surface area (Å²) in [7, 11) is 1.58. The molecule has 4 rings (SSSR count). The summed E-state index contributed by atoms with van der Waals surface area (Å²) in [6, 6.07) is 19.0. The van der Waals surface area contributed by atoms with E-state index in [2.05, 4.69) is 4.98 Å². The van der Waals surface area contributed by atoms with Crippen LogP contribution in [0.15, 0.2) is 66.9 Å². The van der Waals surface area contributed by atoms with Crippen LogP contribution >= 0.6 is 0 Å². The quantitative estimate of drug-likeness (QED) is 0.719. The maximum absolute atomic E-state index is 13.6. The molecule has 1 aromatic heterocycles. The fourth-order valence-corrected chi connectivity index (χ4v) is 3.95. The standard InChI is InChI=1S/C24H24N2O3/c1-16-9-12-22-21(13-16)24(28,14-19-10-11-20(29-3)15-25-19)23(27)26(22)17(2)18-7-5-4-6-8-18/h4-13,15,17,28H,14H2,1-3H3. The second-order valence-electron chi connectivity index (χ2n) is 7.51. The molecule has 5 nitrogen and oxygen atoms in total. The summed E-state index contributed by atoms with van der Waals surface area (Å²) in [5, 5.41) is 11.6. The van der Waals surface area contributed by atoms with Crippen LogP contribution in [0.3, 0.4) is 0 Å². The first-order valence-corrected chi connectivity index (χ1v) is 9.65. The highest BCUT2D eigenvalue weighted by Crippen LogP contribution is 2.46. The van der Waals surface area contributed by atoms with Crippen molar-refractivity contribution in [2.75, 3.05) is 12.0 Å². The minimum atomic E-state index is -1.66. The molecule has 0 saturated carbocycles. The molecule has 2 aromatic carbocycles. The number of benzene rings is 2. The molecular formula is C24H24N2O3. The molecule has 1 N–H and O–H groups in total. The third-order valence-corrected chi connectivity index (χ3v) is 5.57. The van der Waals surface area contributed by atoms with Crippen LogP contribution < -0.4 is 9.64 Å². The van der Waals surface area contributed by atoms with E-state index in [0.29, 0.717) is 17.0 Å². The summed E-state index contributed by atoms with van der Waals surface area (Å²) in [6.07, 6.45) is 1.70. The predicted octanol–water partition coefficient (Wildman–Crippen LogP) is 3.94. The molecule has 1 amide bonds. The molecule has 1 aliphatic heterocycles. The molecule has 0 aliphatic carbocycles. The number of ether oxygens (including phenoxy) is 1. The van der Waals surface area contributed by atoms with E-state index in [4.69, 9.17) is 4.74 Å². The lowest BCUT2D eigenvalue weighted by Gasteiger charge is -2.28. The van der Waals surface area contributed by atoms with Crippen LogP contribution in [0, 0.1) is 6.92 Å². The van der Waals surface area contributed by atoms with Crippen molar-refractivity contribution in [3.05, 3.63) is 89.2 Å². The highest BCUT2D eigenvalue weighted by Gasteiger charge is 2.51. The Kier molecular flexibility index (Phi) is 4.84. The first kappa shape index (κ1) is 19.2. The number of aliphatic hydroxyl groups is 1. The average Bonchev–Trinajstić information content (AvgIpc) is 2.95. The van der Waals surface area contributed by atoms with E-state index in [-0.39, 0.29) is 18.4 Å². The first-order valence-electron chi connectivity index (χ1n) is 9.65. The Morgan fingerprint density at radius 3 is 2.55 bits per heavy atom. The van der Waals surface area contributed by atoms with Crippen molar-refractivity contribution in [1.29, 1.82) is 0 Å². The number of carbonyl (C=O) groups excluding carboxylic acids is 1. The van der Waals surface area contributed by atoms with Crippen molar-refractivity contribution in [2.45, 2.75) is 31.9 Å². The number of hydrogen-bond donors (Lipinski definition) is 1. The van der Waals surface area contributed by atoms with Crippen LogP contribution in [0.5, 0.6) is 5.75 Å². The van der Waals surface area contributed by atoms with E-state index >= 15 is 0 Å². The molecule has 29 heavy (non-hydrogen) atoms. The average molecular weight is 388 g/mol. The van der Waals surface area contributed by atoms with Crippen molar-refractivity contribution in [2.24, 2.45) is 0 Å². The molecule has 0 radical (unpaired) electrons. The number of nitrogens with zero attached hydrogens (tertiary/aromatic N) is 2. The van der Waals surface area contributed by atoms with Gasteiger partial charge in [-0.3, -0.25) is 9.78 Å². The summed E-state index contributed by atoms with van der Waals surface area (Å²) in [6.45, 7) is 3.94. The van der Waals surface area contributed by atoms with Gasteiger partial charge in [-0.15, -0.1) is 0 Å². The highest BCUT2D eigenvalue weighted by molar-refractivity contribution is 6.07. The van der Waals surface area contributed by atoms with E-state index in [1.807, 2.05) is 62.4 Å². The number of aryl methyl sites for hydroxylation is 1. The topological polar surface area (TPSA) is 62.7 Å². The zero-order valence-electron chi connectivity index (χ0n) is 16.8. The van der Waals surface area contributed by atoms with Gasteiger partial charge in [-0.1, -0.05) is 48.0 Å². The number of hydrogen-bond acceptors (Lipinski definition) is 4. The van der Waals surface area contributed by atoms with E-state index in [1.165, 1.54) is 0 Å². The SMILES string of the molecule is COc1ccc(CC2(O)C(=O)N(C(C)c3ccccc3)c3ccc(C)cc32)nc1. The van der Waals surface area contributed by atoms with Crippen molar-refractivity contribution >= 4 is 11.6 Å². The Balaban J connectivity index is 1.76. The molecule has 3 aromatic rings. The second-order valence-corrected chi connectivity index (χ2v) is 7.51. The van der Waals surface area contributed by atoms with E-state index in [0.717, 1.165) is 16.8 Å². The molecule has 2 atom stereocenters. The Morgan fingerprint density at radius 1 is 1.14 bits per heavy atom. The van der Waals surface area contributed by atoms with Crippen molar-refractivity contribution in [3.63, 3.8) is 0 Å². The monoisotopic (exact) mass is 388 g/mol. The number of pyridine rings is 1. The number of rotatable bonds is 5. The van der Waals surface area contributed by atoms with Crippen molar-refractivity contribution in [1.82, 2.24) is 4.98 Å². The lowest BCUT2D eigenvalue weighted by molar-refractivity contribution is -0.136. The van der Waals surface area contributed by atoms with Gasteiger partial charge in [0.15, 0.2) is 5.60 Å². The van der Waals surface area contributed by atoms with Crippen LogP contribution in [-0.2, 0) is 16.8 Å². The van der Waals surface area contributed by atoms with Crippen LogP contribution in [0.25, 0.3) is 0 Å². The van der Waals surface area contributed by atoms with Crippen LogP contribution in [0.4, 0.5) is 5.69 Å². The molecule has 0 spiro atoms. The fourth-order valence-electron chi connectivity index (χ4n) is 3.95. The summed E-state index contributed by atoms with van der Waals surface area (Å²) in [5.74, 6) is 0.307. The molecule has 1 aliphatic rings. The Morgan fingerprint density at radius 2 is 1.90 bits per heavy atom. The Labute approximate surface area is 170 Å². The van der Waals surface area contributed by atoms with Gasteiger partial charge in [0.1, 0.15) is 5.75 Å². The van der Waals surface area contributed by atoms with Crippen molar-refractivity contribution < 1.29 is 14.6 Å². The first-order chi connectivity index (χ1) is 13.9. The normalized spacial score (nSPS) is 19.2. The van der Waals surface area contributed by atoms with Gasteiger partial charge < -0.3 is 14.7 Å². The van der Waals surface area contributed by atoms with Crippen LogP contribution in [0.1, 0.15) is 35.3 Å². The molecule has 0 bridgehead atoms. The van der Waals surface area contributed by atoms with Gasteiger partial charge in [-0.25, -0.2) is 0 Å². The van der Waals surface area contributed by atoms with Gasteiger partial charge in [-0.05, 0) is 37.6 Å². The molecule has 0 fully saturated rings. The second kappa shape index (κ2) is 7.33. The van der Waals surface area contributed by atoms with Gasteiger partial charge in [0.25, 0.3) is 5.91 Å². The number of fused-ring (bicyclic) bond motifs is 1. The highest BCUT2D eigenvalue weighted by atomic mass is 16.5. The third-order valence-electron chi connectivity index (χ3n) is 5.57. The number of methoxy groups -OCH3 is 1. The van der Waals surface area contributed by atoms with Crippen LogP contribution in [-0.4, -0.2) is 23.1 Å². The number of carbonyl (C=O) groups is 1. The smallest absolute Gasteiger partial charge is 0.264 e. The third kappa shape index (κ3) is 3.28. The summed E-state index contributed by atoms with van der Waals surface area (Å²) < 4.78 is 5.15. The number of anilines is 1. The molecule has 2 heterocycles. The minimum Gasteiger partial charge on any atom is -0.495 e. The molecule has 2 unspecified atom stereocenters. The van der Waals surface area contributed by atoms with Crippen molar-refractivity contribution in [3.8, 4) is 5.75 Å². The molecule has 148 valence electrons. The molecular weight excluding hydrogens is 364 g/mol. The van der Waals surface area contributed by atoms with Gasteiger partial charge in [0, 0.05) is 17.7 Å². The van der Waals surface area contributed by atoms with Crippen LogP contribution in [0.2, 0.25) is 0 Å².